The maximum Gasteiger partial charge on any atom is 0.417 e. The van der Waals surface area contributed by atoms with E-state index in [0.29, 0.717) is 0 Å². The Labute approximate surface area is 109 Å². The Hall–Kier alpha value is -1.77. The summed E-state index contributed by atoms with van der Waals surface area (Å²) in [6.45, 7) is 0. The van der Waals surface area contributed by atoms with E-state index in [2.05, 4.69) is 14.9 Å². The van der Waals surface area contributed by atoms with Crippen molar-refractivity contribution in [3.63, 3.8) is 0 Å². The first-order valence-electron chi connectivity index (χ1n) is 5.03. The Balaban J connectivity index is 2.32. The monoisotopic (exact) mass is 291 g/mol. The quantitative estimate of drug-likeness (QED) is 0.639. The molecule has 0 atom stereocenters. The van der Waals surface area contributed by atoms with E-state index in [4.69, 9.17) is 0 Å². The topological polar surface area (TPSA) is 56.5 Å². The van der Waals surface area contributed by atoms with E-state index in [1.807, 2.05) is 0 Å². The van der Waals surface area contributed by atoms with Crippen molar-refractivity contribution in [2.75, 3.05) is 12.9 Å². The van der Waals surface area contributed by atoms with Crippen LogP contribution in [0.15, 0.2) is 23.5 Å². The molecular formula is C10H8F3N3O2S. The number of ether oxygens (including phenoxy) is 1. The SMILES string of the molecule is COC(=O)CSc1nnc2ccc(C(F)(F)F)cn12. The molecule has 0 spiro atoms. The van der Waals surface area contributed by atoms with E-state index in [1.54, 1.807) is 0 Å². The molecule has 2 rings (SSSR count). The Morgan fingerprint density at radius 3 is 2.79 bits per heavy atom. The third kappa shape index (κ3) is 2.98. The number of halogens is 3. The number of hydrogen-bond donors (Lipinski definition) is 0. The largest absolute Gasteiger partial charge is 0.468 e. The highest BCUT2D eigenvalue weighted by Crippen LogP contribution is 2.30. The highest BCUT2D eigenvalue weighted by molar-refractivity contribution is 7.99. The van der Waals surface area contributed by atoms with Gasteiger partial charge in [-0.25, -0.2) is 0 Å². The molecule has 0 aliphatic carbocycles. The minimum Gasteiger partial charge on any atom is -0.468 e. The second kappa shape index (κ2) is 5.08. The maximum atomic E-state index is 12.6. The van der Waals surface area contributed by atoms with Crippen LogP contribution in [0.2, 0.25) is 0 Å². The van der Waals surface area contributed by atoms with Gasteiger partial charge in [-0.15, -0.1) is 10.2 Å². The lowest BCUT2D eigenvalue weighted by atomic mass is 10.3. The molecule has 2 aromatic rings. The lowest BCUT2D eigenvalue weighted by molar-refractivity contribution is -0.138. The lowest BCUT2D eigenvalue weighted by Crippen LogP contribution is -2.07. The molecule has 102 valence electrons. The van der Waals surface area contributed by atoms with Crippen LogP contribution < -0.4 is 0 Å². The molecule has 2 aromatic heterocycles. The number of methoxy groups -OCH3 is 1. The molecule has 0 fully saturated rings. The zero-order chi connectivity index (χ0) is 14.0. The zero-order valence-corrected chi connectivity index (χ0v) is 10.5. The van der Waals surface area contributed by atoms with Gasteiger partial charge in [0.1, 0.15) is 0 Å². The molecule has 2 heterocycles. The van der Waals surface area contributed by atoms with Crippen LogP contribution in [0.4, 0.5) is 13.2 Å². The average molecular weight is 291 g/mol. The van der Waals surface area contributed by atoms with Crippen molar-refractivity contribution in [2.45, 2.75) is 11.3 Å². The second-order valence-electron chi connectivity index (χ2n) is 3.49. The standard InChI is InChI=1S/C10H8F3N3O2S/c1-18-8(17)5-19-9-15-14-7-3-2-6(4-16(7)9)10(11,12)13/h2-4H,5H2,1H3. The summed E-state index contributed by atoms with van der Waals surface area (Å²) in [6, 6.07) is 2.15. The number of pyridine rings is 1. The number of esters is 1. The van der Waals surface area contributed by atoms with Crippen molar-refractivity contribution in [3.8, 4) is 0 Å². The summed E-state index contributed by atoms with van der Waals surface area (Å²) < 4.78 is 43.4. The molecule has 0 bridgehead atoms. The smallest absolute Gasteiger partial charge is 0.417 e. The molecule has 0 amide bonds. The number of hydrogen-bond acceptors (Lipinski definition) is 5. The summed E-state index contributed by atoms with van der Waals surface area (Å²) >= 11 is 0.956. The summed E-state index contributed by atoms with van der Waals surface area (Å²) in [5, 5.41) is 7.64. The Morgan fingerprint density at radius 1 is 1.42 bits per heavy atom. The predicted octanol–water partition coefficient (Wildman–Crippen LogP) is 2.01. The number of carbonyl (C=O) groups excluding carboxylic acids is 1. The summed E-state index contributed by atoms with van der Waals surface area (Å²) in [6.07, 6.45) is -3.54. The average Bonchev–Trinajstić information content (AvgIpc) is 2.77. The number of nitrogens with zero attached hydrogens (tertiary/aromatic N) is 3. The third-order valence-electron chi connectivity index (χ3n) is 2.25. The Bertz CT molecular complexity index is 612. The Morgan fingerprint density at radius 2 is 2.16 bits per heavy atom. The first kappa shape index (κ1) is 13.7. The maximum absolute atomic E-state index is 12.6. The number of aromatic nitrogens is 3. The predicted molar refractivity (Wildman–Crippen MR) is 60.7 cm³/mol. The fourth-order valence-corrected chi connectivity index (χ4v) is 2.07. The van der Waals surface area contributed by atoms with Crippen LogP contribution in [0.1, 0.15) is 5.56 Å². The van der Waals surface area contributed by atoms with Gasteiger partial charge in [0.15, 0.2) is 10.8 Å². The third-order valence-corrected chi connectivity index (χ3v) is 3.16. The van der Waals surface area contributed by atoms with E-state index in [0.717, 1.165) is 24.0 Å². The van der Waals surface area contributed by atoms with Crippen LogP contribution in [0.3, 0.4) is 0 Å². The second-order valence-corrected chi connectivity index (χ2v) is 4.43. The number of carbonyl (C=O) groups is 1. The summed E-state index contributed by atoms with van der Waals surface area (Å²) in [5.74, 6) is -0.540. The first-order valence-corrected chi connectivity index (χ1v) is 6.02. The fourth-order valence-electron chi connectivity index (χ4n) is 1.32. The normalized spacial score (nSPS) is 11.8. The van der Waals surface area contributed by atoms with Crippen molar-refractivity contribution in [1.29, 1.82) is 0 Å². The van der Waals surface area contributed by atoms with E-state index < -0.39 is 17.7 Å². The highest BCUT2D eigenvalue weighted by atomic mass is 32.2. The molecule has 0 aromatic carbocycles. The molecule has 0 aliphatic heterocycles. The molecule has 0 aliphatic rings. The molecule has 0 N–H and O–H groups in total. The van der Waals surface area contributed by atoms with Crippen molar-refractivity contribution in [3.05, 3.63) is 23.9 Å². The summed E-state index contributed by atoms with van der Waals surface area (Å²) in [4.78, 5) is 11.0. The number of thioether (sulfide) groups is 1. The van der Waals surface area contributed by atoms with Crippen molar-refractivity contribution < 1.29 is 22.7 Å². The zero-order valence-electron chi connectivity index (χ0n) is 9.64. The minimum atomic E-state index is -4.44. The Kier molecular flexibility index (Phi) is 3.65. The van der Waals surface area contributed by atoms with Gasteiger partial charge in [-0.2, -0.15) is 13.2 Å². The van der Waals surface area contributed by atoms with E-state index >= 15 is 0 Å². The van der Waals surface area contributed by atoms with Gasteiger partial charge in [0.2, 0.25) is 0 Å². The van der Waals surface area contributed by atoms with E-state index in [1.165, 1.54) is 17.6 Å². The molecular weight excluding hydrogens is 283 g/mol. The molecule has 19 heavy (non-hydrogen) atoms. The van der Waals surface area contributed by atoms with Gasteiger partial charge in [0, 0.05) is 6.20 Å². The van der Waals surface area contributed by atoms with Crippen LogP contribution in [0, 0.1) is 0 Å². The van der Waals surface area contributed by atoms with Crippen molar-refractivity contribution >= 4 is 23.4 Å². The van der Waals surface area contributed by atoms with Gasteiger partial charge in [-0.3, -0.25) is 9.20 Å². The highest BCUT2D eigenvalue weighted by Gasteiger charge is 2.31. The van der Waals surface area contributed by atoms with Gasteiger partial charge in [-0.1, -0.05) is 11.8 Å². The lowest BCUT2D eigenvalue weighted by Gasteiger charge is -2.07. The van der Waals surface area contributed by atoms with Crippen molar-refractivity contribution in [1.82, 2.24) is 14.6 Å². The first-order chi connectivity index (χ1) is 8.91. The molecule has 9 heteroatoms. The fraction of sp³-hybridized carbons (Fsp3) is 0.300. The van der Waals surface area contributed by atoms with Crippen LogP contribution in [-0.2, 0) is 15.7 Å². The van der Waals surface area contributed by atoms with Gasteiger partial charge in [0.05, 0.1) is 18.4 Å². The summed E-state index contributed by atoms with van der Waals surface area (Å²) in [7, 11) is 1.23. The van der Waals surface area contributed by atoms with Gasteiger partial charge >= 0.3 is 12.1 Å². The van der Waals surface area contributed by atoms with Gasteiger partial charge in [-0.05, 0) is 12.1 Å². The van der Waals surface area contributed by atoms with Crippen LogP contribution in [0.25, 0.3) is 5.65 Å². The van der Waals surface area contributed by atoms with E-state index in [-0.39, 0.29) is 16.6 Å². The van der Waals surface area contributed by atoms with Crippen molar-refractivity contribution in [2.24, 2.45) is 0 Å². The van der Waals surface area contributed by atoms with Crippen LogP contribution in [-0.4, -0.2) is 33.4 Å². The molecule has 0 saturated carbocycles. The minimum absolute atomic E-state index is 0.0481. The summed E-state index contributed by atoms with van der Waals surface area (Å²) in [5.41, 5.74) is -0.528. The van der Waals surface area contributed by atoms with E-state index in [9.17, 15) is 18.0 Å². The van der Waals surface area contributed by atoms with Gasteiger partial charge < -0.3 is 4.74 Å². The molecule has 0 radical (unpaired) electrons. The van der Waals surface area contributed by atoms with Crippen LogP contribution >= 0.6 is 11.8 Å². The molecule has 5 nitrogen and oxygen atoms in total. The molecule has 0 saturated heterocycles. The van der Waals surface area contributed by atoms with Gasteiger partial charge in [0.25, 0.3) is 0 Å². The van der Waals surface area contributed by atoms with Crippen LogP contribution in [0.5, 0.6) is 0 Å². The number of fused-ring (bicyclic) bond motifs is 1. The number of rotatable bonds is 3. The number of alkyl halides is 3. The molecule has 0 unspecified atom stereocenters.